The summed E-state index contributed by atoms with van der Waals surface area (Å²) in [5, 5.41) is 6.66. The van der Waals surface area contributed by atoms with Gasteiger partial charge in [-0.2, -0.15) is 5.21 Å². The molecule has 0 aliphatic heterocycles. The third-order valence-corrected chi connectivity index (χ3v) is 0.207. The van der Waals surface area contributed by atoms with E-state index in [-0.39, 0.29) is 0 Å². The van der Waals surface area contributed by atoms with E-state index in [1.165, 1.54) is 0 Å². The fourth-order valence-electron chi connectivity index (χ4n) is 0.110. The molecule has 0 atom stereocenters. The first-order valence-corrected chi connectivity index (χ1v) is 1.47. The first-order valence-electron chi connectivity index (χ1n) is 1.47. The van der Waals surface area contributed by atoms with Crippen LogP contribution in [-0.4, -0.2) is 16.3 Å². The van der Waals surface area contributed by atoms with Gasteiger partial charge in [0.1, 0.15) is 4.91 Å². The van der Waals surface area contributed by atoms with Crippen LogP contribution in [0.1, 0.15) is 6.92 Å². The highest BCUT2D eigenvalue weighted by Gasteiger charge is 2.07. The van der Waals surface area contributed by atoms with Crippen LogP contribution in [0.2, 0.25) is 0 Å². The fraction of sp³-hybridized carbons (Fsp3) is 0.500. The van der Waals surface area contributed by atoms with Crippen LogP contribution < -0.4 is 0 Å². The van der Waals surface area contributed by atoms with Crippen LogP contribution >= 0.6 is 0 Å². The summed E-state index contributed by atoms with van der Waals surface area (Å²) in [6.07, 6.45) is 0. The van der Waals surface area contributed by atoms with Gasteiger partial charge >= 0.3 is 11.1 Å². The summed E-state index contributed by atoms with van der Waals surface area (Å²) in [4.78, 5) is 22.4. The van der Waals surface area contributed by atoms with E-state index in [1.807, 2.05) is 0 Å². The van der Waals surface area contributed by atoms with Crippen LogP contribution in [0.3, 0.4) is 0 Å². The van der Waals surface area contributed by atoms with E-state index < -0.39 is 11.1 Å². The van der Waals surface area contributed by atoms with Gasteiger partial charge in [0.2, 0.25) is 0 Å². The molecule has 0 saturated heterocycles. The minimum absolute atomic E-state index is 0.850. The number of carbonyl (C=O) groups is 1. The normalized spacial score (nSPS) is 7.57. The van der Waals surface area contributed by atoms with Gasteiger partial charge in [-0.25, -0.2) is 4.79 Å². The topological polar surface area (TPSA) is 66.6 Å². The third kappa shape index (κ3) is 4.87. The zero-order valence-electron chi connectivity index (χ0n) is 3.62. The largest absolute Gasteiger partial charge is 0.484 e. The minimum atomic E-state index is -0.900. The van der Waals surface area contributed by atoms with Gasteiger partial charge in [-0.15, -0.1) is 4.84 Å². The summed E-state index contributed by atoms with van der Waals surface area (Å²) in [6, 6.07) is 0. The van der Waals surface area contributed by atoms with E-state index >= 15 is 0 Å². The van der Waals surface area contributed by atoms with Gasteiger partial charge < -0.3 is 0 Å². The van der Waals surface area contributed by atoms with E-state index in [2.05, 4.69) is 4.84 Å². The van der Waals surface area contributed by atoms with E-state index in [0.717, 1.165) is 6.92 Å². The lowest BCUT2D eigenvalue weighted by atomic mass is 10.8. The maximum Gasteiger partial charge on any atom is 0.484 e. The predicted molar refractivity (Wildman–Crippen MR) is 17.2 cm³/mol. The highest BCUT2D eigenvalue weighted by atomic mass is 17.0. The Labute approximate surface area is 39.0 Å². The van der Waals surface area contributed by atoms with Crippen LogP contribution in [0, 0.1) is 4.91 Å². The summed E-state index contributed by atoms with van der Waals surface area (Å²) >= 11 is 0. The summed E-state index contributed by atoms with van der Waals surface area (Å²) in [5.74, 6) is -0.850. The molecule has 0 aliphatic rings. The second-order valence-electron chi connectivity index (χ2n) is 0.821. The molecule has 0 aromatic rings. The number of rotatable bonds is 1. The standard InChI is InChI=1S/C2H4NO4/c1-2(4)7-3(5)6/h1H3,(H,5,6)/q+1. The van der Waals surface area contributed by atoms with E-state index in [9.17, 15) is 9.70 Å². The quantitative estimate of drug-likeness (QED) is 0.463. The third-order valence-electron chi connectivity index (χ3n) is 0.207. The van der Waals surface area contributed by atoms with Crippen molar-refractivity contribution < 1.29 is 19.9 Å². The summed E-state index contributed by atoms with van der Waals surface area (Å²) < 4.78 is 0. The van der Waals surface area contributed by atoms with Crippen molar-refractivity contribution in [1.82, 2.24) is 0 Å². The molecule has 0 aliphatic carbocycles. The zero-order valence-corrected chi connectivity index (χ0v) is 3.62. The van der Waals surface area contributed by atoms with E-state index in [4.69, 9.17) is 5.21 Å². The van der Waals surface area contributed by atoms with Gasteiger partial charge in [0, 0.05) is 6.92 Å². The van der Waals surface area contributed by atoms with Crippen molar-refractivity contribution in [2.75, 3.05) is 0 Å². The summed E-state index contributed by atoms with van der Waals surface area (Å²) in [6.45, 7) is 1.00. The van der Waals surface area contributed by atoms with Gasteiger partial charge in [-0.3, -0.25) is 0 Å². The molecule has 0 spiro atoms. The van der Waals surface area contributed by atoms with Gasteiger partial charge in [0.15, 0.2) is 0 Å². The molecule has 40 valence electrons. The summed E-state index contributed by atoms with van der Waals surface area (Å²) in [7, 11) is 0. The number of hydrogen-bond donors (Lipinski definition) is 1. The molecule has 0 heterocycles. The fourth-order valence-corrected chi connectivity index (χ4v) is 0.110. The van der Waals surface area contributed by atoms with Crippen molar-refractivity contribution >= 4 is 5.97 Å². The molecule has 0 aromatic carbocycles. The molecule has 0 rings (SSSR count). The first kappa shape index (κ1) is 5.87. The van der Waals surface area contributed by atoms with Crippen LogP contribution in [-0.2, 0) is 9.63 Å². The Balaban J connectivity index is 3.32. The lowest BCUT2D eigenvalue weighted by Crippen LogP contribution is -2.07. The molecule has 7 heavy (non-hydrogen) atoms. The Kier molecular flexibility index (Phi) is 1.78. The minimum Gasteiger partial charge on any atom is -0.244 e. The molecule has 5 nitrogen and oxygen atoms in total. The molecule has 0 amide bonds. The smallest absolute Gasteiger partial charge is 0.244 e. The average Bonchev–Trinajstić information content (AvgIpc) is 1.27. The van der Waals surface area contributed by atoms with Crippen molar-refractivity contribution in [1.29, 1.82) is 0 Å². The van der Waals surface area contributed by atoms with Crippen LogP contribution in [0.15, 0.2) is 0 Å². The molecule has 0 bridgehead atoms. The summed E-state index contributed by atoms with van der Waals surface area (Å²) in [5.41, 5.74) is 0. The highest BCUT2D eigenvalue weighted by molar-refractivity contribution is 5.64. The molecule has 5 heteroatoms. The van der Waals surface area contributed by atoms with Gasteiger partial charge in [-0.1, -0.05) is 0 Å². The lowest BCUT2D eigenvalue weighted by molar-refractivity contribution is -0.957. The van der Waals surface area contributed by atoms with Crippen molar-refractivity contribution in [2.45, 2.75) is 6.92 Å². The Morgan fingerprint density at radius 1 is 1.86 bits per heavy atom. The Morgan fingerprint density at radius 3 is 2.29 bits per heavy atom. The molecule has 0 radical (unpaired) electrons. The molecule has 0 unspecified atom stereocenters. The Hall–Kier alpha value is -1.13. The maximum atomic E-state index is 9.63. The van der Waals surface area contributed by atoms with Crippen molar-refractivity contribution in [3.63, 3.8) is 0 Å². The van der Waals surface area contributed by atoms with E-state index in [0.29, 0.717) is 0 Å². The first-order chi connectivity index (χ1) is 3.13. The molecule has 0 fully saturated rings. The average molecular weight is 106 g/mol. The molecule has 0 aromatic heterocycles. The Bertz CT molecular complexity index is 85.9. The van der Waals surface area contributed by atoms with Gasteiger partial charge in [0.25, 0.3) is 0 Å². The zero-order chi connectivity index (χ0) is 5.86. The van der Waals surface area contributed by atoms with Crippen LogP contribution in [0.25, 0.3) is 0 Å². The molecular formula is C2H4NO4+. The highest BCUT2D eigenvalue weighted by Crippen LogP contribution is 1.70. The van der Waals surface area contributed by atoms with Crippen molar-refractivity contribution in [3.05, 3.63) is 4.91 Å². The number of nitrogens with zero attached hydrogens (tertiary/aromatic N) is 1. The molecule has 1 N–H and O–H groups in total. The van der Waals surface area contributed by atoms with Crippen molar-refractivity contribution in [2.24, 2.45) is 0 Å². The van der Waals surface area contributed by atoms with E-state index in [1.54, 1.807) is 0 Å². The molecular weight excluding hydrogens is 102 g/mol. The van der Waals surface area contributed by atoms with Gasteiger partial charge in [0.05, 0.1) is 0 Å². The second kappa shape index (κ2) is 2.12. The SMILES string of the molecule is CC(=O)O[N+](=O)O. The number of carbonyl (C=O) groups excluding carboxylic acids is 1. The van der Waals surface area contributed by atoms with Crippen molar-refractivity contribution in [3.8, 4) is 0 Å². The van der Waals surface area contributed by atoms with Gasteiger partial charge in [-0.05, 0) is 0 Å². The van der Waals surface area contributed by atoms with Crippen LogP contribution in [0.4, 0.5) is 0 Å². The van der Waals surface area contributed by atoms with Crippen LogP contribution in [0.5, 0.6) is 0 Å². The number of hydrogen-bond acceptors (Lipinski definition) is 3. The molecule has 0 saturated carbocycles. The second-order valence-corrected chi connectivity index (χ2v) is 0.821. The predicted octanol–water partition coefficient (Wildman–Crippen LogP) is -0.367. The Morgan fingerprint density at radius 2 is 2.29 bits per heavy atom. The lowest BCUT2D eigenvalue weighted by Gasteiger charge is -1.72. The monoisotopic (exact) mass is 106 g/mol. The maximum absolute atomic E-state index is 9.63.